The van der Waals surface area contributed by atoms with Crippen LogP contribution in [-0.4, -0.2) is 24.0 Å². The largest absolute Gasteiger partial charge is 0.399 e. The van der Waals surface area contributed by atoms with Crippen LogP contribution in [0.15, 0.2) is 24.3 Å². The number of nitrogen functional groups attached to an aromatic ring is 1. The van der Waals surface area contributed by atoms with E-state index in [9.17, 15) is 0 Å². The first-order chi connectivity index (χ1) is 9.29. The summed E-state index contributed by atoms with van der Waals surface area (Å²) in [6.07, 6.45) is 9.50. The van der Waals surface area contributed by atoms with Gasteiger partial charge in [0.15, 0.2) is 0 Å². The van der Waals surface area contributed by atoms with Crippen LogP contribution in [0.25, 0.3) is 0 Å². The number of hydrogen-bond acceptors (Lipinski definition) is 2. The second-order valence-electron chi connectivity index (χ2n) is 5.77. The van der Waals surface area contributed by atoms with Crippen LogP contribution in [0, 0.1) is 0 Å². The first-order valence-electron chi connectivity index (χ1n) is 7.88. The predicted octanol–water partition coefficient (Wildman–Crippen LogP) is 3.86. The Balaban J connectivity index is 1.76. The lowest BCUT2D eigenvalue weighted by molar-refractivity contribution is 0.162. The van der Waals surface area contributed by atoms with Crippen molar-refractivity contribution in [1.82, 2.24) is 4.90 Å². The average Bonchev–Trinajstić information content (AvgIpc) is 2.45. The van der Waals surface area contributed by atoms with Crippen molar-refractivity contribution in [1.29, 1.82) is 0 Å². The van der Waals surface area contributed by atoms with Crippen LogP contribution >= 0.6 is 0 Å². The van der Waals surface area contributed by atoms with Crippen molar-refractivity contribution in [3.63, 3.8) is 0 Å². The van der Waals surface area contributed by atoms with E-state index in [0.29, 0.717) is 0 Å². The lowest BCUT2D eigenvalue weighted by atomic mass is 9.94. The Labute approximate surface area is 118 Å². The highest BCUT2D eigenvalue weighted by molar-refractivity contribution is 5.40. The number of nitrogens with two attached hydrogens (primary N) is 1. The molecule has 0 amide bonds. The van der Waals surface area contributed by atoms with Crippen LogP contribution in [0.3, 0.4) is 0 Å². The lowest BCUT2D eigenvalue weighted by Crippen LogP contribution is -2.37. The fourth-order valence-corrected chi connectivity index (χ4v) is 3.28. The average molecular weight is 260 g/mol. The Bertz CT molecular complexity index is 369. The first kappa shape index (κ1) is 14.4. The highest BCUT2D eigenvalue weighted by atomic mass is 15.1. The molecule has 2 heteroatoms. The zero-order valence-electron chi connectivity index (χ0n) is 12.3. The van der Waals surface area contributed by atoms with Gasteiger partial charge in [0.25, 0.3) is 0 Å². The fraction of sp³-hybridized carbons (Fsp3) is 0.647. The van der Waals surface area contributed by atoms with Crippen LogP contribution in [-0.2, 0) is 6.42 Å². The molecule has 1 aliphatic carbocycles. The SMILES string of the molecule is CCN(CCCc1cccc(N)c1)C1CCCCC1. The van der Waals surface area contributed by atoms with E-state index in [1.807, 2.05) is 6.07 Å². The molecule has 0 unspecified atom stereocenters. The minimum Gasteiger partial charge on any atom is -0.399 e. The van der Waals surface area contributed by atoms with Crippen LogP contribution in [0.5, 0.6) is 0 Å². The van der Waals surface area contributed by atoms with E-state index < -0.39 is 0 Å². The summed E-state index contributed by atoms with van der Waals surface area (Å²) in [7, 11) is 0. The topological polar surface area (TPSA) is 29.3 Å². The highest BCUT2D eigenvalue weighted by Gasteiger charge is 2.19. The summed E-state index contributed by atoms with van der Waals surface area (Å²) in [5.41, 5.74) is 8.08. The quantitative estimate of drug-likeness (QED) is 0.787. The molecular formula is C17H28N2. The van der Waals surface area contributed by atoms with Crippen LogP contribution in [0.1, 0.15) is 51.0 Å². The van der Waals surface area contributed by atoms with E-state index in [4.69, 9.17) is 5.73 Å². The molecule has 0 bridgehead atoms. The van der Waals surface area contributed by atoms with Gasteiger partial charge >= 0.3 is 0 Å². The van der Waals surface area contributed by atoms with Crippen molar-refractivity contribution in [2.24, 2.45) is 0 Å². The van der Waals surface area contributed by atoms with Gasteiger partial charge in [-0.2, -0.15) is 0 Å². The molecule has 1 aromatic carbocycles. The Morgan fingerprint density at radius 3 is 2.68 bits per heavy atom. The van der Waals surface area contributed by atoms with Crippen LogP contribution in [0.2, 0.25) is 0 Å². The fourth-order valence-electron chi connectivity index (χ4n) is 3.28. The maximum absolute atomic E-state index is 5.82. The molecule has 1 aliphatic rings. The van der Waals surface area contributed by atoms with Gasteiger partial charge in [-0.15, -0.1) is 0 Å². The van der Waals surface area contributed by atoms with Crippen molar-refractivity contribution >= 4 is 5.69 Å². The highest BCUT2D eigenvalue weighted by Crippen LogP contribution is 2.22. The monoisotopic (exact) mass is 260 g/mol. The number of benzene rings is 1. The molecule has 1 aromatic rings. The Kier molecular flexibility index (Phi) is 5.71. The summed E-state index contributed by atoms with van der Waals surface area (Å²) in [5.74, 6) is 0. The van der Waals surface area contributed by atoms with Crippen molar-refractivity contribution in [3.05, 3.63) is 29.8 Å². The third-order valence-corrected chi connectivity index (χ3v) is 4.36. The van der Waals surface area contributed by atoms with Crippen molar-refractivity contribution in [3.8, 4) is 0 Å². The Morgan fingerprint density at radius 2 is 2.00 bits per heavy atom. The van der Waals surface area contributed by atoms with Gasteiger partial charge < -0.3 is 10.6 Å². The van der Waals surface area contributed by atoms with Gasteiger partial charge in [0.2, 0.25) is 0 Å². The number of anilines is 1. The molecule has 1 saturated carbocycles. The molecule has 2 rings (SSSR count). The molecule has 1 fully saturated rings. The van der Waals surface area contributed by atoms with E-state index in [2.05, 4.69) is 30.0 Å². The normalized spacial score (nSPS) is 16.9. The molecule has 0 radical (unpaired) electrons. The Hall–Kier alpha value is -1.02. The van der Waals surface area contributed by atoms with Gasteiger partial charge in [-0.25, -0.2) is 0 Å². The van der Waals surface area contributed by atoms with Gasteiger partial charge in [0.05, 0.1) is 0 Å². The molecule has 2 nitrogen and oxygen atoms in total. The molecule has 0 aromatic heterocycles. The van der Waals surface area contributed by atoms with Crippen LogP contribution < -0.4 is 5.73 Å². The van der Waals surface area contributed by atoms with Gasteiger partial charge in [-0.1, -0.05) is 38.3 Å². The summed E-state index contributed by atoms with van der Waals surface area (Å²) < 4.78 is 0. The van der Waals surface area contributed by atoms with E-state index in [1.165, 1.54) is 57.2 Å². The molecule has 0 heterocycles. The third-order valence-electron chi connectivity index (χ3n) is 4.36. The maximum atomic E-state index is 5.82. The maximum Gasteiger partial charge on any atom is 0.0316 e. The standard InChI is InChI=1S/C17H28N2/c1-2-19(17-11-4-3-5-12-17)13-7-9-15-8-6-10-16(18)14-15/h6,8,10,14,17H,2-5,7,9,11-13,18H2,1H3. The summed E-state index contributed by atoms with van der Waals surface area (Å²) in [5, 5.41) is 0. The smallest absolute Gasteiger partial charge is 0.0316 e. The van der Waals surface area contributed by atoms with Gasteiger partial charge in [0.1, 0.15) is 0 Å². The molecule has 0 atom stereocenters. The number of nitrogens with zero attached hydrogens (tertiary/aromatic N) is 1. The van der Waals surface area contributed by atoms with Crippen molar-refractivity contribution < 1.29 is 0 Å². The van der Waals surface area contributed by atoms with Crippen molar-refractivity contribution in [2.45, 2.75) is 57.9 Å². The van der Waals surface area contributed by atoms with E-state index in [0.717, 1.165) is 18.2 Å². The molecule has 106 valence electrons. The second-order valence-corrected chi connectivity index (χ2v) is 5.77. The van der Waals surface area contributed by atoms with Crippen LogP contribution in [0.4, 0.5) is 5.69 Å². The minimum absolute atomic E-state index is 0.847. The molecule has 0 spiro atoms. The number of rotatable bonds is 6. The van der Waals surface area contributed by atoms with Gasteiger partial charge in [0, 0.05) is 11.7 Å². The number of aryl methyl sites for hydroxylation is 1. The summed E-state index contributed by atoms with van der Waals surface area (Å²) in [6.45, 7) is 4.73. The van der Waals surface area contributed by atoms with Gasteiger partial charge in [-0.3, -0.25) is 0 Å². The van der Waals surface area contributed by atoms with E-state index in [1.54, 1.807) is 0 Å². The van der Waals surface area contributed by atoms with Gasteiger partial charge in [-0.05, 0) is 56.5 Å². The molecule has 0 saturated heterocycles. The third kappa shape index (κ3) is 4.54. The first-order valence-corrected chi connectivity index (χ1v) is 7.88. The number of hydrogen-bond donors (Lipinski definition) is 1. The zero-order valence-corrected chi connectivity index (χ0v) is 12.3. The predicted molar refractivity (Wildman–Crippen MR) is 83.3 cm³/mol. The molecular weight excluding hydrogens is 232 g/mol. The zero-order chi connectivity index (χ0) is 13.5. The van der Waals surface area contributed by atoms with E-state index in [-0.39, 0.29) is 0 Å². The minimum atomic E-state index is 0.847. The summed E-state index contributed by atoms with van der Waals surface area (Å²) in [4.78, 5) is 2.69. The summed E-state index contributed by atoms with van der Waals surface area (Å²) in [6, 6.07) is 9.16. The molecule has 2 N–H and O–H groups in total. The summed E-state index contributed by atoms with van der Waals surface area (Å²) >= 11 is 0. The molecule has 0 aliphatic heterocycles. The Morgan fingerprint density at radius 1 is 1.21 bits per heavy atom. The second kappa shape index (κ2) is 7.54. The van der Waals surface area contributed by atoms with E-state index >= 15 is 0 Å². The lowest BCUT2D eigenvalue weighted by Gasteiger charge is -2.33. The molecule has 19 heavy (non-hydrogen) atoms. The van der Waals surface area contributed by atoms with Crippen molar-refractivity contribution in [2.75, 3.05) is 18.8 Å².